The molecule has 5 nitrogen and oxygen atoms in total. The summed E-state index contributed by atoms with van der Waals surface area (Å²) in [6, 6.07) is 0. The lowest BCUT2D eigenvalue weighted by molar-refractivity contribution is -0.169. The second-order valence-corrected chi connectivity index (χ2v) is 5.46. The SMILES string of the molecule is C=C1CC(C(=O)OC)(C(=O)OC)C[C@@H]1C(C)(C)OC. The lowest BCUT2D eigenvalue weighted by Gasteiger charge is -2.31. The monoisotopic (exact) mass is 270 g/mol. The first-order valence-corrected chi connectivity index (χ1v) is 6.15. The van der Waals surface area contributed by atoms with Crippen LogP contribution < -0.4 is 0 Å². The van der Waals surface area contributed by atoms with Gasteiger partial charge in [-0.05, 0) is 26.7 Å². The van der Waals surface area contributed by atoms with Gasteiger partial charge in [0.05, 0.1) is 19.8 Å². The number of carbonyl (C=O) groups is 2. The average Bonchev–Trinajstić information content (AvgIpc) is 2.76. The summed E-state index contributed by atoms with van der Waals surface area (Å²) in [5, 5.41) is 0. The van der Waals surface area contributed by atoms with Gasteiger partial charge in [0.2, 0.25) is 0 Å². The minimum Gasteiger partial charge on any atom is -0.468 e. The van der Waals surface area contributed by atoms with Crippen molar-refractivity contribution in [3.63, 3.8) is 0 Å². The topological polar surface area (TPSA) is 61.8 Å². The molecule has 19 heavy (non-hydrogen) atoms. The molecular formula is C14H22O5. The van der Waals surface area contributed by atoms with Gasteiger partial charge >= 0.3 is 11.9 Å². The summed E-state index contributed by atoms with van der Waals surface area (Å²) in [7, 11) is 4.14. The lowest BCUT2D eigenvalue weighted by atomic mass is 9.81. The molecule has 0 radical (unpaired) electrons. The van der Waals surface area contributed by atoms with Crippen LogP contribution in [0.25, 0.3) is 0 Å². The van der Waals surface area contributed by atoms with Crippen LogP contribution in [0.5, 0.6) is 0 Å². The molecule has 0 aromatic carbocycles. The molecule has 108 valence electrons. The molecule has 0 spiro atoms. The number of ether oxygens (including phenoxy) is 3. The predicted octanol–water partition coefficient (Wildman–Crippen LogP) is 1.71. The molecule has 1 aliphatic carbocycles. The number of esters is 2. The van der Waals surface area contributed by atoms with Gasteiger partial charge in [0, 0.05) is 13.0 Å². The summed E-state index contributed by atoms with van der Waals surface area (Å²) in [4.78, 5) is 24.1. The third kappa shape index (κ3) is 2.52. The standard InChI is InChI=1S/C14H22O5/c1-9-7-14(11(15)17-4,12(16)18-5)8-10(9)13(2,3)19-6/h10H,1,7-8H2,2-6H3/t10-/m0/s1. The van der Waals surface area contributed by atoms with Crippen molar-refractivity contribution in [2.75, 3.05) is 21.3 Å². The summed E-state index contributed by atoms with van der Waals surface area (Å²) < 4.78 is 15.0. The van der Waals surface area contributed by atoms with E-state index in [0.717, 1.165) is 5.57 Å². The molecule has 1 saturated carbocycles. The summed E-state index contributed by atoms with van der Waals surface area (Å²) in [6.45, 7) is 7.80. The molecule has 1 aliphatic rings. The molecule has 0 unspecified atom stereocenters. The van der Waals surface area contributed by atoms with E-state index in [-0.39, 0.29) is 12.3 Å². The molecule has 0 heterocycles. The van der Waals surface area contributed by atoms with Crippen molar-refractivity contribution < 1.29 is 23.8 Å². The van der Waals surface area contributed by atoms with Gasteiger partial charge in [-0.15, -0.1) is 0 Å². The maximum absolute atomic E-state index is 12.0. The quantitative estimate of drug-likeness (QED) is 0.442. The number of methoxy groups -OCH3 is 3. The Bertz CT molecular complexity index is 381. The molecule has 1 rings (SSSR count). The molecular weight excluding hydrogens is 248 g/mol. The Hall–Kier alpha value is -1.36. The molecule has 0 aromatic heterocycles. The van der Waals surface area contributed by atoms with Gasteiger partial charge in [-0.3, -0.25) is 9.59 Å². The van der Waals surface area contributed by atoms with Crippen LogP contribution in [0.15, 0.2) is 12.2 Å². The van der Waals surface area contributed by atoms with E-state index in [0.29, 0.717) is 6.42 Å². The first-order chi connectivity index (χ1) is 8.75. The Balaban J connectivity index is 3.16. The lowest BCUT2D eigenvalue weighted by Crippen LogP contribution is -2.41. The van der Waals surface area contributed by atoms with Gasteiger partial charge in [-0.25, -0.2) is 0 Å². The molecule has 5 heteroatoms. The van der Waals surface area contributed by atoms with Crippen LogP contribution in [0.3, 0.4) is 0 Å². The molecule has 0 aliphatic heterocycles. The minimum atomic E-state index is -1.29. The van der Waals surface area contributed by atoms with Gasteiger partial charge in [-0.2, -0.15) is 0 Å². The highest BCUT2D eigenvalue weighted by Crippen LogP contribution is 2.50. The van der Waals surface area contributed by atoms with Crippen LogP contribution in [0.4, 0.5) is 0 Å². The maximum Gasteiger partial charge on any atom is 0.323 e. The van der Waals surface area contributed by atoms with Gasteiger partial charge in [0.25, 0.3) is 0 Å². The molecule has 0 N–H and O–H groups in total. The summed E-state index contributed by atoms with van der Waals surface area (Å²) >= 11 is 0. The van der Waals surface area contributed by atoms with Gasteiger partial charge in [-0.1, -0.05) is 12.2 Å². The number of carbonyl (C=O) groups excluding carboxylic acids is 2. The summed E-state index contributed by atoms with van der Waals surface area (Å²) in [6.07, 6.45) is 0.538. The summed E-state index contributed by atoms with van der Waals surface area (Å²) in [5.41, 5.74) is -0.982. The molecule has 1 atom stereocenters. The molecule has 0 saturated heterocycles. The second-order valence-electron chi connectivity index (χ2n) is 5.46. The Morgan fingerprint density at radius 3 is 2.05 bits per heavy atom. The van der Waals surface area contributed by atoms with E-state index in [1.807, 2.05) is 13.8 Å². The van der Waals surface area contributed by atoms with Gasteiger partial charge in [0.15, 0.2) is 5.41 Å². The molecule has 0 bridgehead atoms. The first-order valence-electron chi connectivity index (χ1n) is 6.15. The van der Waals surface area contributed by atoms with Crippen molar-refractivity contribution in [1.82, 2.24) is 0 Å². The van der Waals surface area contributed by atoms with E-state index < -0.39 is 23.0 Å². The molecule has 1 fully saturated rings. The Morgan fingerprint density at radius 2 is 1.68 bits per heavy atom. The van der Waals surface area contributed by atoms with Crippen molar-refractivity contribution in [2.24, 2.45) is 11.3 Å². The van der Waals surface area contributed by atoms with Crippen LogP contribution in [0, 0.1) is 11.3 Å². The molecule has 0 aromatic rings. The highest BCUT2D eigenvalue weighted by molar-refractivity contribution is 6.01. The maximum atomic E-state index is 12.0. The average molecular weight is 270 g/mol. The van der Waals surface area contributed by atoms with Gasteiger partial charge in [0.1, 0.15) is 0 Å². The zero-order chi connectivity index (χ0) is 14.8. The van der Waals surface area contributed by atoms with Gasteiger partial charge < -0.3 is 14.2 Å². The van der Waals surface area contributed by atoms with E-state index in [9.17, 15) is 9.59 Å². The van der Waals surface area contributed by atoms with Crippen LogP contribution in [-0.2, 0) is 23.8 Å². The zero-order valence-electron chi connectivity index (χ0n) is 12.2. The van der Waals surface area contributed by atoms with Crippen molar-refractivity contribution in [3.05, 3.63) is 12.2 Å². The number of hydrogen-bond donors (Lipinski definition) is 0. The highest BCUT2D eigenvalue weighted by Gasteiger charge is 2.57. The predicted molar refractivity (Wildman–Crippen MR) is 69.4 cm³/mol. The van der Waals surface area contributed by atoms with E-state index in [1.165, 1.54) is 14.2 Å². The Kier molecular flexibility index (Phi) is 4.40. The smallest absolute Gasteiger partial charge is 0.323 e. The van der Waals surface area contributed by atoms with Crippen LogP contribution >= 0.6 is 0 Å². The van der Waals surface area contributed by atoms with Crippen LogP contribution in [0.2, 0.25) is 0 Å². The van der Waals surface area contributed by atoms with E-state index >= 15 is 0 Å². The fraction of sp³-hybridized carbons (Fsp3) is 0.714. The third-order valence-electron chi connectivity index (χ3n) is 4.09. The second kappa shape index (κ2) is 5.33. The van der Waals surface area contributed by atoms with E-state index in [4.69, 9.17) is 14.2 Å². The highest BCUT2D eigenvalue weighted by atomic mass is 16.5. The normalized spacial score (nSPS) is 22.2. The van der Waals surface area contributed by atoms with Crippen LogP contribution in [-0.4, -0.2) is 38.9 Å². The van der Waals surface area contributed by atoms with Crippen molar-refractivity contribution in [2.45, 2.75) is 32.3 Å². The summed E-state index contributed by atoms with van der Waals surface area (Å²) in [5.74, 6) is -1.25. The van der Waals surface area contributed by atoms with Crippen molar-refractivity contribution in [1.29, 1.82) is 0 Å². The van der Waals surface area contributed by atoms with E-state index in [1.54, 1.807) is 7.11 Å². The molecule has 0 amide bonds. The van der Waals surface area contributed by atoms with Crippen molar-refractivity contribution in [3.8, 4) is 0 Å². The zero-order valence-corrected chi connectivity index (χ0v) is 12.2. The Labute approximate surface area is 113 Å². The number of rotatable bonds is 4. The fourth-order valence-electron chi connectivity index (χ4n) is 2.74. The fourth-order valence-corrected chi connectivity index (χ4v) is 2.74. The third-order valence-corrected chi connectivity index (χ3v) is 4.09. The first kappa shape index (κ1) is 15.7. The minimum absolute atomic E-state index is 0.101. The van der Waals surface area contributed by atoms with E-state index in [2.05, 4.69) is 6.58 Å². The Morgan fingerprint density at radius 1 is 1.21 bits per heavy atom. The number of hydrogen-bond acceptors (Lipinski definition) is 5. The van der Waals surface area contributed by atoms with Crippen molar-refractivity contribution >= 4 is 11.9 Å². The van der Waals surface area contributed by atoms with Crippen LogP contribution in [0.1, 0.15) is 26.7 Å². The largest absolute Gasteiger partial charge is 0.468 e.